The minimum Gasteiger partial charge on any atom is -0.255 e. The summed E-state index contributed by atoms with van der Waals surface area (Å²) in [6.07, 6.45) is 3.53. The maximum absolute atomic E-state index is 6.43. The van der Waals surface area contributed by atoms with Crippen molar-refractivity contribution < 1.29 is 0 Å². The van der Waals surface area contributed by atoms with Crippen LogP contribution in [0.5, 0.6) is 0 Å². The second kappa shape index (κ2) is 6.02. The second-order valence-electron chi connectivity index (χ2n) is 5.61. The lowest BCUT2D eigenvalue weighted by atomic mass is 10.0. The lowest BCUT2D eigenvalue weighted by Crippen LogP contribution is -1.96. The minimum absolute atomic E-state index is 0.615. The van der Waals surface area contributed by atoms with Crippen molar-refractivity contribution >= 4 is 22.5 Å². The monoisotopic (exact) mass is 331 g/mol. The average molecular weight is 332 g/mol. The van der Waals surface area contributed by atoms with Gasteiger partial charge in [0.15, 0.2) is 0 Å². The molecule has 0 atom stereocenters. The van der Waals surface area contributed by atoms with E-state index in [0.29, 0.717) is 5.02 Å². The number of hydrogen-bond donors (Lipinski definition) is 0. The van der Waals surface area contributed by atoms with E-state index in [0.717, 1.165) is 39.1 Å². The summed E-state index contributed by atoms with van der Waals surface area (Å²) in [6, 6.07) is 17.9. The Bertz CT molecular complexity index is 1030. The molecule has 0 saturated carbocycles. The Hall–Kier alpha value is -2.78. The van der Waals surface area contributed by atoms with Gasteiger partial charge >= 0.3 is 0 Å². The molecule has 0 radical (unpaired) electrons. The van der Waals surface area contributed by atoms with Crippen LogP contribution in [0.2, 0.25) is 5.02 Å². The Balaban J connectivity index is 1.97. The highest BCUT2D eigenvalue weighted by molar-refractivity contribution is 6.35. The molecule has 0 unspecified atom stereocenters. The van der Waals surface area contributed by atoms with Crippen molar-refractivity contribution in [1.82, 2.24) is 15.0 Å². The van der Waals surface area contributed by atoms with Gasteiger partial charge in [-0.1, -0.05) is 48.0 Å². The number of hydrogen-bond acceptors (Lipinski definition) is 3. The van der Waals surface area contributed by atoms with E-state index in [2.05, 4.69) is 16.0 Å². The number of nitrogens with zero attached hydrogens (tertiary/aromatic N) is 3. The number of benzene rings is 2. The van der Waals surface area contributed by atoms with E-state index in [1.165, 1.54) is 0 Å². The van der Waals surface area contributed by atoms with E-state index < -0.39 is 0 Å². The van der Waals surface area contributed by atoms with Crippen LogP contribution in [0.1, 0.15) is 5.69 Å². The van der Waals surface area contributed by atoms with Crippen LogP contribution in [0.3, 0.4) is 0 Å². The third-order valence-corrected chi connectivity index (χ3v) is 4.16. The van der Waals surface area contributed by atoms with Gasteiger partial charge in [-0.25, -0.2) is 4.98 Å². The molecular weight excluding hydrogens is 318 g/mol. The fourth-order valence-corrected chi connectivity index (χ4v) is 3.05. The SMILES string of the molecule is Cc1cnc(-c2cc(Cl)c3ncccc3c2)c(-c2ccccc2)n1. The normalized spacial score (nSPS) is 10.9. The maximum atomic E-state index is 6.43. The van der Waals surface area contributed by atoms with E-state index in [1.807, 2.05) is 55.5 Å². The van der Waals surface area contributed by atoms with Crippen molar-refractivity contribution in [2.75, 3.05) is 0 Å². The molecule has 2 aromatic heterocycles. The third kappa shape index (κ3) is 2.63. The molecule has 4 rings (SSSR count). The van der Waals surface area contributed by atoms with Crippen molar-refractivity contribution in [3.05, 3.63) is 77.7 Å². The Morgan fingerprint density at radius 3 is 2.50 bits per heavy atom. The molecule has 4 aromatic rings. The van der Waals surface area contributed by atoms with Gasteiger partial charge in [-0.05, 0) is 25.1 Å². The number of aryl methyl sites for hydroxylation is 1. The lowest BCUT2D eigenvalue weighted by molar-refractivity contribution is 1.13. The Morgan fingerprint density at radius 1 is 0.833 bits per heavy atom. The summed E-state index contributed by atoms with van der Waals surface area (Å²) in [7, 11) is 0. The van der Waals surface area contributed by atoms with Crippen LogP contribution in [-0.4, -0.2) is 15.0 Å². The minimum atomic E-state index is 0.615. The first-order chi connectivity index (χ1) is 11.7. The van der Waals surface area contributed by atoms with Gasteiger partial charge in [-0.3, -0.25) is 9.97 Å². The van der Waals surface area contributed by atoms with Crippen LogP contribution in [0.15, 0.2) is 67.0 Å². The number of rotatable bonds is 2. The van der Waals surface area contributed by atoms with E-state index in [1.54, 1.807) is 12.4 Å². The molecule has 116 valence electrons. The second-order valence-corrected chi connectivity index (χ2v) is 6.02. The van der Waals surface area contributed by atoms with Crippen LogP contribution in [0, 0.1) is 6.92 Å². The Labute approximate surface area is 145 Å². The largest absolute Gasteiger partial charge is 0.255 e. The molecular formula is C20H14ClN3. The van der Waals surface area contributed by atoms with E-state index in [9.17, 15) is 0 Å². The zero-order valence-corrected chi connectivity index (χ0v) is 13.8. The number of aromatic nitrogens is 3. The molecule has 0 bridgehead atoms. The van der Waals surface area contributed by atoms with Gasteiger partial charge in [0, 0.05) is 28.9 Å². The molecule has 3 nitrogen and oxygen atoms in total. The zero-order chi connectivity index (χ0) is 16.5. The first kappa shape index (κ1) is 14.8. The molecule has 0 aliphatic heterocycles. The molecule has 0 spiro atoms. The highest BCUT2D eigenvalue weighted by atomic mass is 35.5. The summed E-state index contributed by atoms with van der Waals surface area (Å²) in [5.74, 6) is 0. The predicted molar refractivity (Wildman–Crippen MR) is 98.0 cm³/mol. The molecule has 2 aromatic carbocycles. The summed E-state index contributed by atoms with van der Waals surface area (Å²) in [5, 5.41) is 1.60. The van der Waals surface area contributed by atoms with Gasteiger partial charge in [-0.15, -0.1) is 0 Å². The van der Waals surface area contributed by atoms with Crippen LogP contribution in [-0.2, 0) is 0 Å². The molecule has 4 heteroatoms. The third-order valence-electron chi connectivity index (χ3n) is 3.87. The van der Waals surface area contributed by atoms with Crippen LogP contribution in [0.4, 0.5) is 0 Å². The summed E-state index contributed by atoms with van der Waals surface area (Å²) < 4.78 is 0. The maximum Gasteiger partial charge on any atom is 0.0968 e. The highest BCUT2D eigenvalue weighted by Crippen LogP contribution is 2.33. The summed E-state index contributed by atoms with van der Waals surface area (Å²) in [4.78, 5) is 13.7. The summed E-state index contributed by atoms with van der Waals surface area (Å²) >= 11 is 6.43. The molecule has 0 aliphatic rings. The van der Waals surface area contributed by atoms with Gasteiger partial charge in [0.2, 0.25) is 0 Å². The number of halogens is 1. The van der Waals surface area contributed by atoms with Gasteiger partial charge in [0.1, 0.15) is 0 Å². The van der Waals surface area contributed by atoms with E-state index >= 15 is 0 Å². The van der Waals surface area contributed by atoms with Gasteiger partial charge in [0.05, 0.1) is 27.6 Å². The van der Waals surface area contributed by atoms with Gasteiger partial charge in [-0.2, -0.15) is 0 Å². The first-order valence-electron chi connectivity index (χ1n) is 7.66. The first-order valence-corrected chi connectivity index (χ1v) is 8.04. The van der Waals surface area contributed by atoms with E-state index in [-0.39, 0.29) is 0 Å². The number of pyridine rings is 1. The van der Waals surface area contributed by atoms with Crippen LogP contribution in [0.25, 0.3) is 33.4 Å². The van der Waals surface area contributed by atoms with E-state index in [4.69, 9.17) is 16.6 Å². The zero-order valence-electron chi connectivity index (χ0n) is 13.1. The highest BCUT2D eigenvalue weighted by Gasteiger charge is 2.13. The van der Waals surface area contributed by atoms with Gasteiger partial charge < -0.3 is 0 Å². The topological polar surface area (TPSA) is 38.7 Å². The fourth-order valence-electron chi connectivity index (χ4n) is 2.77. The molecule has 2 heterocycles. The van der Waals surface area contributed by atoms with Crippen molar-refractivity contribution in [1.29, 1.82) is 0 Å². The van der Waals surface area contributed by atoms with Crippen molar-refractivity contribution in [3.8, 4) is 22.5 Å². The summed E-state index contributed by atoms with van der Waals surface area (Å²) in [5.41, 5.74) is 5.32. The quantitative estimate of drug-likeness (QED) is 0.499. The fraction of sp³-hybridized carbons (Fsp3) is 0.0500. The molecule has 0 aliphatic carbocycles. The van der Waals surface area contributed by atoms with Crippen molar-refractivity contribution in [3.63, 3.8) is 0 Å². The van der Waals surface area contributed by atoms with Gasteiger partial charge in [0.25, 0.3) is 0 Å². The molecule has 0 fully saturated rings. The average Bonchev–Trinajstić information content (AvgIpc) is 2.62. The summed E-state index contributed by atoms with van der Waals surface area (Å²) in [6.45, 7) is 1.94. The van der Waals surface area contributed by atoms with Crippen LogP contribution < -0.4 is 0 Å². The number of fused-ring (bicyclic) bond motifs is 1. The molecule has 0 amide bonds. The molecule has 0 saturated heterocycles. The Kier molecular flexibility index (Phi) is 3.71. The molecule has 24 heavy (non-hydrogen) atoms. The van der Waals surface area contributed by atoms with Crippen molar-refractivity contribution in [2.24, 2.45) is 0 Å². The molecule has 0 N–H and O–H groups in total. The predicted octanol–water partition coefficient (Wildman–Crippen LogP) is 5.32. The lowest BCUT2D eigenvalue weighted by Gasteiger charge is -2.11. The van der Waals surface area contributed by atoms with Crippen molar-refractivity contribution in [2.45, 2.75) is 6.92 Å². The smallest absolute Gasteiger partial charge is 0.0968 e. The standard InChI is InChI=1S/C20H14ClN3/c1-13-12-23-19(20(24-13)14-6-3-2-4-7-14)16-10-15-8-5-9-22-18(15)17(21)11-16/h2-12H,1H3. The van der Waals surface area contributed by atoms with Crippen LogP contribution >= 0.6 is 11.6 Å². The Morgan fingerprint density at radius 2 is 1.67 bits per heavy atom.